The van der Waals surface area contributed by atoms with Gasteiger partial charge in [0.2, 0.25) is 0 Å². The Morgan fingerprint density at radius 2 is 0.860 bits per heavy atom. The number of hydrogen-bond donors (Lipinski definition) is 0. The van der Waals surface area contributed by atoms with Crippen molar-refractivity contribution in [2.45, 2.75) is 140 Å². The molecule has 0 saturated heterocycles. The maximum Gasteiger partial charge on any atom is -0.00204 e. The van der Waals surface area contributed by atoms with E-state index >= 15 is 0 Å². The molecule has 0 unspecified atom stereocenters. The minimum Gasteiger partial charge on any atom is -0.0683 e. The molecule has 0 radical (unpaired) electrons. The van der Waals surface area contributed by atoms with E-state index in [0.29, 0.717) is 0 Å². The summed E-state index contributed by atoms with van der Waals surface area (Å²) >= 11 is 0. The number of hydrogen-bond acceptors (Lipinski definition) is 0. The molecule has 4 rings (SSSR count). The van der Waals surface area contributed by atoms with Crippen LogP contribution in [0.4, 0.5) is 0 Å². The van der Waals surface area contributed by atoms with Crippen LogP contribution in [0.1, 0.15) is 162 Å². The second-order valence-electron chi connectivity index (χ2n) is 11.1. The first kappa shape index (κ1) is 40.1. The topological polar surface area (TPSA) is 0 Å². The minimum atomic E-state index is 1.17. The molecule has 0 heterocycles. The quantitative estimate of drug-likeness (QED) is 0.209. The van der Waals surface area contributed by atoms with Crippen molar-refractivity contribution in [2.75, 3.05) is 0 Å². The van der Waals surface area contributed by atoms with Gasteiger partial charge in [0, 0.05) is 0 Å². The van der Waals surface area contributed by atoms with Gasteiger partial charge in [-0.3, -0.25) is 0 Å². The molecule has 0 spiro atoms. The number of fused-ring (bicyclic) bond motifs is 1. The van der Waals surface area contributed by atoms with Crippen LogP contribution in [0, 0.1) is 0 Å². The Morgan fingerprint density at radius 3 is 1.28 bits per heavy atom. The van der Waals surface area contributed by atoms with E-state index in [4.69, 9.17) is 0 Å². The van der Waals surface area contributed by atoms with E-state index in [-0.39, 0.29) is 0 Å². The first-order valence-electron chi connectivity index (χ1n) is 17.7. The summed E-state index contributed by atoms with van der Waals surface area (Å²) in [6.07, 6.45) is 14.3. The zero-order chi connectivity index (χ0) is 32.3. The molecule has 0 bridgehead atoms. The van der Waals surface area contributed by atoms with Gasteiger partial charge >= 0.3 is 0 Å². The number of allylic oxidation sites excluding steroid dienone is 3. The summed E-state index contributed by atoms with van der Waals surface area (Å²) in [7, 11) is 0. The molecule has 0 N–H and O–H groups in total. The summed E-state index contributed by atoms with van der Waals surface area (Å²) in [5.74, 6) is 0. The van der Waals surface area contributed by atoms with E-state index in [2.05, 4.69) is 140 Å². The molecule has 43 heavy (non-hydrogen) atoms. The van der Waals surface area contributed by atoms with Crippen LogP contribution in [0.15, 0.2) is 90.5 Å². The molecular weight excluding hydrogens is 516 g/mol. The van der Waals surface area contributed by atoms with Crippen LogP contribution in [0.5, 0.6) is 0 Å². The van der Waals surface area contributed by atoms with Gasteiger partial charge in [0.15, 0.2) is 0 Å². The molecule has 3 aromatic rings. The van der Waals surface area contributed by atoms with Gasteiger partial charge in [0.25, 0.3) is 0 Å². The van der Waals surface area contributed by atoms with Crippen molar-refractivity contribution in [2.24, 2.45) is 0 Å². The maximum absolute atomic E-state index is 2.34. The van der Waals surface area contributed by atoms with Gasteiger partial charge in [-0.05, 0) is 58.7 Å². The largest absolute Gasteiger partial charge is 0.0683 e. The van der Waals surface area contributed by atoms with Gasteiger partial charge in [-0.1, -0.05) is 211 Å². The van der Waals surface area contributed by atoms with Crippen LogP contribution < -0.4 is 0 Å². The zero-order valence-electron chi connectivity index (χ0n) is 29.9. The van der Waals surface area contributed by atoms with Crippen LogP contribution >= 0.6 is 0 Å². The van der Waals surface area contributed by atoms with Crippen LogP contribution in [0.25, 0.3) is 16.7 Å². The predicted octanol–water partition coefficient (Wildman–Crippen LogP) is 14.8. The first-order chi connectivity index (χ1) is 21.1. The van der Waals surface area contributed by atoms with Gasteiger partial charge in [-0.2, -0.15) is 0 Å². The lowest BCUT2D eigenvalue weighted by Crippen LogP contribution is -1.92. The molecule has 0 atom stereocenters. The molecule has 1 aliphatic rings. The Labute approximate surface area is 268 Å². The smallest absolute Gasteiger partial charge is 0.00204 e. The lowest BCUT2D eigenvalue weighted by Gasteiger charge is -2.14. The van der Waals surface area contributed by atoms with E-state index in [1.807, 2.05) is 13.8 Å². The highest BCUT2D eigenvalue weighted by Crippen LogP contribution is 2.50. The van der Waals surface area contributed by atoms with Gasteiger partial charge in [0.1, 0.15) is 0 Å². The third-order valence-corrected chi connectivity index (χ3v) is 7.13. The highest BCUT2D eigenvalue weighted by Gasteiger charge is 2.29. The van der Waals surface area contributed by atoms with E-state index in [1.54, 1.807) is 0 Å². The molecule has 1 aliphatic carbocycles. The Balaban J connectivity index is 0.00000107. The molecule has 0 heteroatoms. The fraction of sp³-hybridized carbons (Fsp3) is 0.488. The Bertz CT molecular complexity index is 1110. The summed E-state index contributed by atoms with van der Waals surface area (Å²) in [5.41, 5.74) is 11.1. The van der Waals surface area contributed by atoms with Crippen LogP contribution in [0.2, 0.25) is 0 Å². The monoisotopic (exact) mass is 583 g/mol. The van der Waals surface area contributed by atoms with E-state index in [0.717, 1.165) is 0 Å². The van der Waals surface area contributed by atoms with Gasteiger partial charge in [0.05, 0.1) is 0 Å². The van der Waals surface area contributed by atoms with Crippen molar-refractivity contribution < 1.29 is 0 Å². The second-order valence-corrected chi connectivity index (χ2v) is 11.1. The summed E-state index contributed by atoms with van der Waals surface area (Å²) in [5, 5.41) is 0. The lowest BCUT2D eigenvalue weighted by molar-refractivity contribution is 0.665. The first-order valence-corrected chi connectivity index (χ1v) is 17.7. The highest BCUT2D eigenvalue weighted by molar-refractivity contribution is 6.25. The molecule has 0 fully saturated rings. The molecule has 3 aromatic carbocycles. The Hall–Kier alpha value is -2.86. The predicted molar refractivity (Wildman–Crippen MR) is 200 cm³/mol. The minimum absolute atomic E-state index is 1.17. The van der Waals surface area contributed by atoms with Gasteiger partial charge in [-0.25, -0.2) is 0 Å². The molecule has 238 valence electrons. The fourth-order valence-electron chi connectivity index (χ4n) is 4.85. The fourth-order valence-corrected chi connectivity index (χ4v) is 4.85. The third-order valence-electron chi connectivity index (χ3n) is 7.13. The third kappa shape index (κ3) is 14.4. The normalized spacial score (nSPS) is 12.2. The maximum atomic E-state index is 2.34. The van der Waals surface area contributed by atoms with Gasteiger partial charge in [-0.15, -0.1) is 0 Å². The molecule has 0 amide bonds. The van der Waals surface area contributed by atoms with Crippen molar-refractivity contribution >= 4 is 16.7 Å². The standard InChI is InChI=1S/C29H30.C5H12.C4H10.C3H8.C2H6/c1-3-4-5-8-15-22(2)27-25-20-13-14-21-26(25)28(23-16-9-6-10-17-23)29(27)24-18-11-7-12-19-24;1-3-5-4-2;1-3-4-2;1-3-2;1-2/h6-7,9-14,16-21H,3-5,8,15H2,1-2H3;3-5H2,1-2H3;3-4H2,1-2H3;3H2,1-2H3;1-2H3. The second kappa shape index (κ2) is 26.7. The van der Waals surface area contributed by atoms with Crippen LogP contribution in [0.3, 0.4) is 0 Å². The summed E-state index contributed by atoms with van der Waals surface area (Å²) in [4.78, 5) is 0. The van der Waals surface area contributed by atoms with Crippen molar-refractivity contribution in [3.05, 3.63) is 113 Å². The van der Waals surface area contributed by atoms with Crippen molar-refractivity contribution in [3.63, 3.8) is 0 Å². The van der Waals surface area contributed by atoms with Crippen LogP contribution in [-0.4, -0.2) is 0 Å². The number of benzene rings is 3. The van der Waals surface area contributed by atoms with E-state index in [1.165, 1.54) is 115 Å². The average Bonchev–Trinajstić information content (AvgIpc) is 3.41. The van der Waals surface area contributed by atoms with Crippen LogP contribution in [-0.2, 0) is 0 Å². The SMILES string of the molecule is CC.CCC.CCCC.CCCCC.CCCCCCC(C)=C1C(c2ccccc2)=C(c2ccccc2)c2ccccc21. The average molecular weight is 583 g/mol. The molecule has 0 nitrogen and oxygen atoms in total. The Kier molecular flexibility index (Phi) is 25.0. The Morgan fingerprint density at radius 1 is 0.442 bits per heavy atom. The molecule has 0 saturated carbocycles. The number of unbranched alkanes of at least 4 members (excludes halogenated alkanes) is 6. The highest BCUT2D eigenvalue weighted by atomic mass is 14.3. The summed E-state index contributed by atoms with van der Waals surface area (Å²) in [6, 6.07) is 30.8. The van der Waals surface area contributed by atoms with Gasteiger partial charge < -0.3 is 0 Å². The molecule has 0 aromatic heterocycles. The van der Waals surface area contributed by atoms with Crippen molar-refractivity contribution in [3.8, 4) is 0 Å². The van der Waals surface area contributed by atoms with E-state index in [9.17, 15) is 0 Å². The molecular formula is C43H66. The number of rotatable bonds is 10. The zero-order valence-corrected chi connectivity index (χ0v) is 29.9. The summed E-state index contributed by atoms with van der Waals surface area (Å²) < 4.78 is 0. The summed E-state index contributed by atoms with van der Waals surface area (Å²) in [6.45, 7) is 21.7. The van der Waals surface area contributed by atoms with Crippen molar-refractivity contribution in [1.29, 1.82) is 0 Å². The lowest BCUT2D eigenvalue weighted by atomic mass is 9.89. The van der Waals surface area contributed by atoms with E-state index < -0.39 is 0 Å². The molecule has 0 aliphatic heterocycles. The van der Waals surface area contributed by atoms with Crippen molar-refractivity contribution in [1.82, 2.24) is 0 Å².